The highest BCUT2D eigenvalue weighted by Crippen LogP contribution is 2.20. The van der Waals surface area contributed by atoms with E-state index in [1.165, 1.54) is 5.06 Å². The van der Waals surface area contributed by atoms with Gasteiger partial charge in [0, 0.05) is 6.54 Å². The maximum Gasteiger partial charge on any atom is 0.357 e. The minimum absolute atomic E-state index is 0.449. The topological polar surface area (TPSA) is 55.8 Å². The van der Waals surface area contributed by atoms with E-state index < -0.39 is 18.0 Å². The molecule has 5 heteroatoms. The lowest BCUT2D eigenvalue weighted by molar-refractivity contribution is -0.163. The van der Waals surface area contributed by atoms with Gasteiger partial charge in [-0.25, -0.2) is 9.59 Å². The average molecular weight is 261 g/mol. The van der Waals surface area contributed by atoms with Crippen LogP contribution in [-0.2, 0) is 14.4 Å². The second-order valence-electron chi connectivity index (χ2n) is 4.15. The number of hydroxylamine groups is 2. The Kier molecular flexibility index (Phi) is 4.30. The number of benzene rings is 1. The second-order valence-corrected chi connectivity index (χ2v) is 4.15. The summed E-state index contributed by atoms with van der Waals surface area (Å²) in [6.07, 6.45) is 2.46. The second kappa shape index (κ2) is 6.15. The molecule has 0 aromatic heterocycles. The van der Waals surface area contributed by atoms with Gasteiger partial charge in [0.1, 0.15) is 6.04 Å². The zero-order valence-electron chi connectivity index (χ0n) is 10.5. The molecule has 1 fully saturated rings. The highest BCUT2D eigenvalue weighted by molar-refractivity contribution is 5.89. The summed E-state index contributed by atoms with van der Waals surface area (Å²) in [5.41, 5.74) is 0.449. The van der Waals surface area contributed by atoms with Gasteiger partial charge in [-0.3, -0.25) is 0 Å². The van der Waals surface area contributed by atoms with Gasteiger partial charge in [0.2, 0.25) is 0 Å². The number of carbonyl (C=O) groups is 2. The molecule has 0 spiro atoms. The molecule has 19 heavy (non-hydrogen) atoms. The summed E-state index contributed by atoms with van der Waals surface area (Å²) in [5.74, 6) is -0.924. The van der Waals surface area contributed by atoms with E-state index in [1.807, 2.05) is 6.07 Å². The van der Waals surface area contributed by atoms with Gasteiger partial charge in [-0.15, -0.1) is 5.06 Å². The van der Waals surface area contributed by atoms with Crippen molar-refractivity contribution in [3.8, 4) is 0 Å². The molecule has 0 radical (unpaired) electrons. The van der Waals surface area contributed by atoms with Crippen LogP contribution in [0.2, 0.25) is 0 Å². The molecule has 1 aliphatic rings. The summed E-state index contributed by atoms with van der Waals surface area (Å²) >= 11 is 0. The van der Waals surface area contributed by atoms with Crippen molar-refractivity contribution in [1.82, 2.24) is 5.06 Å². The Morgan fingerprint density at radius 2 is 2.05 bits per heavy atom. The lowest BCUT2D eigenvalue weighted by atomic mass is 10.2. The lowest BCUT2D eigenvalue weighted by Gasteiger charge is -2.20. The van der Waals surface area contributed by atoms with E-state index in [9.17, 15) is 9.59 Å². The van der Waals surface area contributed by atoms with E-state index in [2.05, 4.69) is 6.58 Å². The van der Waals surface area contributed by atoms with Crippen molar-refractivity contribution in [1.29, 1.82) is 0 Å². The van der Waals surface area contributed by atoms with E-state index in [4.69, 9.17) is 9.57 Å². The maximum atomic E-state index is 11.9. The van der Waals surface area contributed by atoms with Crippen LogP contribution < -0.4 is 0 Å². The third-order valence-electron chi connectivity index (χ3n) is 2.88. The Bertz CT molecular complexity index is 472. The van der Waals surface area contributed by atoms with E-state index >= 15 is 0 Å². The Hall–Kier alpha value is -2.14. The first-order valence-electron chi connectivity index (χ1n) is 6.08. The molecule has 0 N–H and O–H groups in total. The van der Waals surface area contributed by atoms with Crippen LogP contribution in [0.1, 0.15) is 23.2 Å². The normalized spacial score (nSPS) is 18.8. The Labute approximate surface area is 111 Å². The summed E-state index contributed by atoms with van der Waals surface area (Å²) in [4.78, 5) is 28.8. The molecular weight excluding hydrogens is 246 g/mol. The number of nitrogens with zero attached hydrogens (tertiary/aromatic N) is 1. The molecule has 1 aliphatic heterocycles. The van der Waals surface area contributed by atoms with Crippen LogP contribution in [0, 0.1) is 0 Å². The molecule has 1 atom stereocenters. The van der Waals surface area contributed by atoms with Crippen LogP contribution >= 0.6 is 0 Å². The predicted octanol–water partition coefficient (Wildman–Crippen LogP) is 1.91. The van der Waals surface area contributed by atoms with Gasteiger partial charge in [0.25, 0.3) is 0 Å². The van der Waals surface area contributed by atoms with Crippen molar-refractivity contribution >= 4 is 11.9 Å². The molecule has 1 aromatic carbocycles. The van der Waals surface area contributed by atoms with Gasteiger partial charge in [0.15, 0.2) is 0 Å². The molecule has 1 unspecified atom stereocenters. The van der Waals surface area contributed by atoms with Gasteiger partial charge in [-0.2, -0.15) is 0 Å². The van der Waals surface area contributed by atoms with Crippen LogP contribution in [0.3, 0.4) is 0 Å². The largest absolute Gasteiger partial charge is 0.434 e. The fourth-order valence-corrected chi connectivity index (χ4v) is 1.98. The molecule has 2 rings (SSSR count). The number of esters is 1. The predicted molar refractivity (Wildman–Crippen MR) is 67.9 cm³/mol. The van der Waals surface area contributed by atoms with Gasteiger partial charge >= 0.3 is 11.9 Å². The fraction of sp³-hybridized carbons (Fsp3) is 0.286. The molecule has 0 bridgehead atoms. The van der Waals surface area contributed by atoms with Crippen LogP contribution in [0.4, 0.5) is 0 Å². The van der Waals surface area contributed by atoms with Crippen molar-refractivity contribution < 1.29 is 19.2 Å². The van der Waals surface area contributed by atoms with Gasteiger partial charge in [-0.1, -0.05) is 24.8 Å². The Balaban J connectivity index is 2.00. The van der Waals surface area contributed by atoms with E-state index in [0.717, 1.165) is 12.7 Å². The van der Waals surface area contributed by atoms with Gasteiger partial charge < -0.3 is 9.57 Å². The molecule has 1 aromatic rings. The fourth-order valence-electron chi connectivity index (χ4n) is 1.98. The molecule has 100 valence electrons. The highest BCUT2D eigenvalue weighted by Gasteiger charge is 2.35. The highest BCUT2D eigenvalue weighted by atomic mass is 16.7. The zero-order chi connectivity index (χ0) is 13.7. The minimum atomic E-state index is -0.550. The zero-order valence-corrected chi connectivity index (χ0v) is 10.5. The Morgan fingerprint density at radius 3 is 2.74 bits per heavy atom. The molecule has 0 amide bonds. The van der Waals surface area contributed by atoms with Crippen LogP contribution in [0.15, 0.2) is 43.2 Å². The van der Waals surface area contributed by atoms with Crippen molar-refractivity contribution in [3.63, 3.8) is 0 Å². The third-order valence-corrected chi connectivity index (χ3v) is 2.88. The van der Waals surface area contributed by atoms with Crippen molar-refractivity contribution in [2.24, 2.45) is 0 Å². The smallest absolute Gasteiger partial charge is 0.357 e. The Morgan fingerprint density at radius 1 is 1.32 bits per heavy atom. The summed E-state index contributed by atoms with van der Waals surface area (Å²) in [6.45, 7) is 3.86. The van der Waals surface area contributed by atoms with E-state index in [-0.39, 0.29) is 0 Å². The van der Waals surface area contributed by atoms with E-state index in [0.29, 0.717) is 18.5 Å². The minimum Gasteiger partial charge on any atom is -0.434 e. The first-order valence-corrected chi connectivity index (χ1v) is 6.08. The van der Waals surface area contributed by atoms with Crippen LogP contribution in [0.5, 0.6) is 0 Å². The van der Waals surface area contributed by atoms with Gasteiger partial charge in [-0.05, 0) is 25.0 Å². The van der Waals surface area contributed by atoms with Crippen molar-refractivity contribution in [2.45, 2.75) is 18.9 Å². The van der Waals surface area contributed by atoms with Crippen molar-refractivity contribution in [3.05, 3.63) is 48.7 Å². The summed E-state index contributed by atoms with van der Waals surface area (Å²) < 4.78 is 4.74. The molecular formula is C14H15NO4. The summed E-state index contributed by atoms with van der Waals surface area (Å²) in [6, 6.07) is 8.10. The molecule has 1 heterocycles. The number of hydrogen-bond acceptors (Lipinski definition) is 5. The molecule has 5 nitrogen and oxygen atoms in total. The summed E-state index contributed by atoms with van der Waals surface area (Å²) in [5, 5.41) is 1.38. The van der Waals surface area contributed by atoms with Crippen LogP contribution in [0.25, 0.3) is 0 Å². The molecule has 0 aliphatic carbocycles. The SMILES string of the molecule is C=COC(=O)C1CCCN1OC(=O)c1ccccc1. The number of ether oxygens (including phenoxy) is 1. The van der Waals surface area contributed by atoms with Gasteiger partial charge in [0.05, 0.1) is 11.8 Å². The lowest BCUT2D eigenvalue weighted by Crippen LogP contribution is -2.38. The number of rotatable bonds is 4. The average Bonchev–Trinajstić information content (AvgIpc) is 2.88. The quantitative estimate of drug-likeness (QED) is 0.612. The third kappa shape index (κ3) is 3.20. The standard InChI is InChI=1S/C14H15NO4/c1-2-18-14(17)12-9-6-10-15(12)19-13(16)11-7-4-3-5-8-11/h2-5,7-8,12H,1,6,9-10H2. The molecule has 1 saturated heterocycles. The maximum absolute atomic E-state index is 11.9. The first kappa shape index (κ1) is 13.3. The monoisotopic (exact) mass is 261 g/mol. The van der Waals surface area contributed by atoms with Crippen LogP contribution in [-0.4, -0.2) is 29.6 Å². The first-order chi connectivity index (χ1) is 9.22. The van der Waals surface area contributed by atoms with E-state index in [1.54, 1.807) is 24.3 Å². The number of hydrogen-bond donors (Lipinski definition) is 0. The number of carbonyl (C=O) groups excluding carboxylic acids is 2. The molecule has 0 saturated carbocycles. The van der Waals surface area contributed by atoms with Crippen molar-refractivity contribution in [2.75, 3.05) is 6.54 Å². The summed E-state index contributed by atoms with van der Waals surface area (Å²) in [7, 11) is 0.